The summed E-state index contributed by atoms with van der Waals surface area (Å²) in [5, 5.41) is 5.32. The zero-order chi connectivity index (χ0) is 19.9. The highest BCUT2D eigenvalue weighted by Gasteiger charge is 2.30. The number of aryl methyl sites for hydroxylation is 1. The van der Waals surface area contributed by atoms with E-state index < -0.39 is 21.5 Å². The fourth-order valence-corrected chi connectivity index (χ4v) is 5.21. The molecule has 3 amide bonds. The van der Waals surface area contributed by atoms with Crippen LogP contribution < -0.4 is 10.6 Å². The van der Waals surface area contributed by atoms with Crippen molar-refractivity contribution in [3.63, 3.8) is 0 Å². The van der Waals surface area contributed by atoms with Crippen molar-refractivity contribution in [3.8, 4) is 0 Å². The van der Waals surface area contributed by atoms with E-state index in [-0.39, 0.29) is 22.7 Å². The van der Waals surface area contributed by atoms with E-state index in [9.17, 15) is 18.0 Å². The maximum absolute atomic E-state index is 12.8. The van der Waals surface area contributed by atoms with Crippen LogP contribution in [0.5, 0.6) is 0 Å². The average molecular weight is 399 g/mol. The van der Waals surface area contributed by atoms with E-state index in [1.165, 1.54) is 17.7 Å². The van der Waals surface area contributed by atoms with Crippen LogP contribution in [0, 0.1) is 0 Å². The molecular formula is C20H21N3O4S. The van der Waals surface area contributed by atoms with Crippen molar-refractivity contribution in [2.24, 2.45) is 0 Å². The van der Waals surface area contributed by atoms with E-state index in [2.05, 4.69) is 22.8 Å². The topological polar surface area (TPSA) is 95.6 Å². The van der Waals surface area contributed by atoms with Crippen LogP contribution in [-0.2, 0) is 21.1 Å². The third-order valence-corrected chi connectivity index (χ3v) is 6.94. The Morgan fingerprint density at radius 1 is 1.21 bits per heavy atom. The van der Waals surface area contributed by atoms with Gasteiger partial charge in [0.05, 0.1) is 16.6 Å². The third-order valence-electron chi connectivity index (χ3n) is 5.29. The number of nitrogens with zero attached hydrogens (tertiary/aromatic N) is 1. The summed E-state index contributed by atoms with van der Waals surface area (Å²) in [5.74, 6) is -1.14. The lowest BCUT2D eigenvalue weighted by atomic mass is 9.87. The first-order valence-corrected chi connectivity index (χ1v) is 10.8. The number of amides is 3. The van der Waals surface area contributed by atoms with Gasteiger partial charge in [-0.25, -0.2) is 13.2 Å². The second-order valence-electron chi connectivity index (χ2n) is 7.17. The van der Waals surface area contributed by atoms with Crippen molar-refractivity contribution in [2.45, 2.75) is 30.2 Å². The van der Waals surface area contributed by atoms with Crippen molar-refractivity contribution in [3.05, 3.63) is 53.6 Å². The number of fused-ring (bicyclic) bond motifs is 2. The quantitative estimate of drug-likeness (QED) is 0.812. The molecule has 1 heterocycles. The molecule has 2 N–H and O–H groups in total. The Morgan fingerprint density at radius 2 is 2.00 bits per heavy atom. The lowest BCUT2D eigenvalue weighted by Gasteiger charge is -2.33. The van der Waals surface area contributed by atoms with Gasteiger partial charge < -0.3 is 15.5 Å². The van der Waals surface area contributed by atoms with E-state index in [1.807, 2.05) is 12.1 Å². The molecule has 1 unspecified atom stereocenters. The first-order chi connectivity index (χ1) is 13.3. The van der Waals surface area contributed by atoms with Gasteiger partial charge in [-0.15, -0.1) is 0 Å². The normalized spacial score (nSPS) is 19.8. The summed E-state index contributed by atoms with van der Waals surface area (Å²) >= 11 is 0. The number of rotatable bonds is 2. The van der Waals surface area contributed by atoms with Gasteiger partial charge in [-0.05, 0) is 48.6 Å². The van der Waals surface area contributed by atoms with Gasteiger partial charge in [-0.1, -0.05) is 24.3 Å². The maximum atomic E-state index is 12.8. The molecule has 4 rings (SSSR count). The molecule has 2 aromatic rings. The predicted octanol–water partition coefficient (Wildman–Crippen LogP) is 2.95. The molecule has 2 aliphatic rings. The molecule has 0 aromatic heterocycles. The summed E-state index contributed by atoms with van der Waals surface area (Å²) in [4.78, 5) is 26.0. The van der Waals surface area contributed by atoms with Gasteiger partial charge in [0.1, 0.15) is 5.75 Å². The number of nitrogens with one attached hydrogen (secondary N) is 2. The number of hydrogen-bond acceptors (Lipinski definition) is 4. The molecule has 0 saturated carbocycles. The minimum absolute atomic E-state index is 0.0226. The molecular weight excluding hydrogens is 378 g/mol. The molecule has 1 aliphatic carbocycles. The van der Waals surface area contributed by atoms with Crippen LogP contribution in [0.1, 0.15) is 30.0 Å². The lowest BCUT2D eigenvalue weighted by Crippen LogP contribution is -2.36. The maximum Gasteiger partial charge on any atom is 0.322 e. The van der Waals surface area contributed by atoms with E-state index in [1.54, 1.807) is 18.0 Å². The minimum atomic E-state index is -3.71. The molecule has 0 fully saturated rings. The molecule has 0 saturated heterocycles. The molecule has 7 nitrogen and oxygen atoms in total. The van der Waals surface area contributed by atoms with Gasteiger partial charge in [0.2, 0.25) is 5.91 Å². The Labute approximate surface area is 163 Å². The van der Waals surface area contributed by atoms with Gasteiger partial charge >= 0.3 is 6.03 Å². The number of benzene rings is 2. The first-order valence-electron chi connectivity index (χ1n) is 9.13. The second kappa shape index (κ2) is 6.94. The summed E-state index contributed by atoms with van der Waals surface area (Å²) in [7, 11) is -1.96. The zero-order valence-electron chi connectivity index (χ0n) is 15.4. The number of sulfone groups is 1. The van der Waals surface area contributed by atoms with E-state index in [0.29, 0.717) is 5.69 Å². The molecule has 1 aliphatic heterocycles. The fourth-order valence-electron chi connectivity index (χ4n) is 3.88. The van der Waals surface area contributed by atoms with E-state index >= 15 is 0 Å². The monoisotopic (exact) mass is 399 g/mol. The van der Waals surface area contributed by atoms with Crippen LogP contribution in [-0.4, -0.2) is 38.1 Å². The molecule has 2 aromatic carbocycles. The number of urea groups is 1. The lowest BCUT2D eigenvalue weighted by molar-refractivity contribution is -0.114. The van der Waals surface area contributed by atoms with Gasteiger partial charge in [-0.3, -0.25) is 4.79 Å². The highest BCUT2D eigenvalue weighted by atomic mass is 32.2. The van der Waals surface area contributed by atoms with Gasteiger partial charge in [0.25, 0.3) is 0 Å². The fraction of sp³-hybridized carbons (Fsp3) is 0.300. The van der Waals surface area contributed by atoms with Gasteiger partial charge in [0.15, 0.2) is 9.84 Å². The summed E-state index contributed by atoms with van der Waals surface area (Å²) < 4.78 is 24.5. The average Bonchev–Trinajstić information content (AvgIpc) is 2.67. The van der Waals surface area contributed by atoms with Crippen LogP contribution in [0.2, 0.25) is 0 Å². The number of carbonyl (C=O) groups is 2. The molecule has 1 atom stereocenters. The number of anilines is 2. The van der Waals surface area contributed by atoms with E-state index in [0.717, 1.165) is 24.8 Å². The Balaban J connectivity index is 1.56. The van der Waals surface area contributed by atoms with Crippen LogP contribution in [0.15, 0.2) is 47.4 Å². The summed E-state index contributed by atoms with van der Waals surface area (Å²) in [6, 6.07) is 12.3. The highest BCUT2D eigenvalue weighted by molar-refractivity contribution is 7.92. The molecule has 0 spiro atoms. The Morgan fingerprint density at radius 3 is 2.82 bits per heavy atom. The summed E-state index contributed by atoms with van der Waals surface area (Å²) in [6.45, 7) is 0. The van der Waals surface area contributed by atoms with Crippen LogP contribution in [0.4, 0.5) is 16.2 Å². The molecule has 0 radical (unpaired) electrons. The first kappa shape index (κ1) is 18.5. The minimum Gasteiger partial charge on any atom is -0.324 e. The summed E-state index contributed by atoms with van der Waals surface area (Å²) in [6.07, 6.45) is 2.90. The Kier molecular flexibility index (Phi) is 4.58. The smallest absolute Gasteiger partial charge is 0.322 e. The van der Waals surface area contributed by atoms with Crippen LogP contribution in [0.25, 0.3) is 0 Å². The predicted molar refractivity (Wildman–Crippen MR) is 106 cm³/mol. The zero-order valence-corrected chi connectivity index (χ0v) is 16.3. The number of carbonyl (C=O) groups excluding carboxylic acids is 2. The van der Waals surface area contributed by atoms with Crippen molar-refractivity contribution in [1.29, 1.82) is 0 Å². The van der Waals surface area contributed by atoms with Gasteiger partial charge in [0, 0.05) is 12.7 Å². The summed E-state index contributed by atoms with van der Waals surface area (Å²) in [5.41, 5.74) is 3.03. The Bertz CT molecular complexity index is 1060. The SMILES string of the molecule is CN(C(=O)Nc1ccc2c(c1)S(=O)(=O)CC(=O)N2)C1CCCc2ccccc21. The third kappa shape index (κ3) is 3.35. The standard InChI is InChI=1S/C20H21N3O4S/c1-23(17-8-4-6-13-5-2-3-7-15(13)17)20(25)21-14-9-10-16-18(11-14)28(26,27)12-19(24)22-16/h2-3,5,7,9-11,17H,4,6,8,12H2,1H3,(H,21,25)(H,22,24). The van der Waals surface area contributed by atoms with Crippen molar-refractivity contribution in [2.75, 3.05) is 23.4 Å². The van der Waals surface area contributed by atoms with Crippen LogP contribution >= 0.6 is 0 Å². The van der Waals surface area contributed by atoms with Crippen molar-refractivity contribution < 1.29 is 18.0 Å². The second-order valence-corrected chi connectivity index (χ2v) is 9.12. The van der Waals surface area contributed by atoms with Crippen molar-refractivity contribution in [1.82, 2.24) is 4.90 Å². The molecule has 8 heteroatoms. The van der Waals surface area contributed by atoms with E-state index in [4.69, 9.17) is 0 Å². The van der Waals surface area contributed by atoms with Crippen LogP contribution in [0.3, 0.4) is 0 Å². The largest absolute Gasteiger partial charge is 0.324 e. The molecule has 28 heavy (non-hydrogen) atoms. The Hall–Kier alpha value is -2.87. The molecule has 0 bridgehead atoms. The number of hydrogen-bond donors (Lipinski definition) is 2. The molecule has 146 valence electrons. The van der Waals surface area contributed by atoms with Crippen molar-refractivity contribution >= 4 is 33.2 Å². The highest BCUT2D eigenvalue weighted by Crippen LogP contribution is 2.34. The van der Waals surface area contributed by atoms with Gasteiger partial charge in [-0.2, -0.15) is 0 Å².